The van der Waals surface area contributed by atoms with Crippen molar-refractivity contribution >= 4 is 11.3 Å². The van der Waals surface area contributed by atoms with Gasteiger partial charge < -0.3 is 15.4 Å². The third kappa shape index (κ3) is 4.12. The highest BCUT2D eigenvalue weighted by Gasteiger charge is 2.23. The van der Waals surface area contributed by atoms with E-state index < -0.39 is 0 Å². The Balaban J connectivity index is 1.62. The van der Waals surface area contributed by atoms with Crippen molar-refractivity contribution in [3.63, 3.8) is 0 Å². The summed E-state index contributed by atoms with van der Waals surface area (Å²) in [6.45, 7) is 3.76. The molecule has 1 atom stereocenters. The largest absolute Gasteiger partial charge is 0.382 e. The summed E-state index contributed by atoms with van der Waals surface area (Å²) < 4.78 is 9.58. The number of benzene rings is 1. The van der Waals surface area contributed by atoms with Crippen LogP contribution in [0.3, 0.4) is 0 Å². The summed E-state index contributed by atoms with van der Waals surface area (Å²) >= 11 is 0. The van der Waals surface area contributed by atoms with Crippen molar-refractivity contribution in [2.45, 2.75) is 38.3 Å². The van der Waals surface area contributed by atoms with Gasteiger partial charge in [-0.05, 0) is 64.0 Å². The van der Waals surface area contributed by atoms with Gasteiger partial charge in [0.25, 0.3) is 0 Å². The van der Waals surface area contributed by atoms with Gasteiger partial charge in [-0.1, -0.05) is 18.2 Å². The Hall–Kier alpha value is -3.23. The van der Waals surface area contributed by atoms with Crippen molar-refractivity contribution in [3.8, 4) is 22.5 Å². The molecule has 8 nitrogen and oxygen atoms in total. The van der Waals surface area contributed by atoms with Gasteiger partial charge in [-0.3, -0.25) is 4.68 Å². The van der Waals surface area contributed by atoms with E-state index in [9.17, 15) is 0 Å². The van der Waals surface area contributed by atoms with E-state index in [-0.39, 0.29) is 0 Å². The standard InChI is InChI=1S/C25H31N7O/c1-17(30(2)3)13-18-5-4-6-19(14-18)23-15-21(24-25(26)27-16-29-32(23)24)22-7-10-28-31(22)20-8-11-33-12-9-20/h4-7,10,14-17,20H,8-9,11-13H2,1-3H3,(H2,26,27,29). The molecule has 4 heterocycles. The molecule has 3 aromatic heterocycles. The fraction of sp³-hybridized carbons (Fsp3) is 0.400. The molecule has 0 radical (unpaired) electrons. The van der Waals surface area contributed by atoms with Gasteiger partial charge in [-0.25, -0.2) is 9.50 Å². The van der Waals surface area contributed by atoms with Crippen LogP contribution in [0.1, 0.15) is 31.4 Å². The average molecular weight is 446 g/mol. The van der Waals surface area contributed by atoms with Crippen LogP contribution < -0.4 is 5.73 Å². The van der Waals surface area contributed by atoms with E-state index in [4.69, 9.17) is 10.5 Å². The number of hydrogen-bond acceptors (Lipinski definition) is 6. The molecule has 0 amide bonds. The molecule has 1 fully saturated rings. The van der Waals surface area contributed by atoms with Crippen LogP contribution in [-0.2, 0) is 11.2 Å². The minimum absolute atomic E-state index is 0.309. The van der Waals surface area contributed by atoms with Gasteiger partial charge in [0, 0.05) is 36.6 Å². The van der Waals surface area contributed by atoms with Crippen molar-refractivity contribution in [1.29, 1.82) is 0 Å². The molecule has 1 aliphatic rings. The normalized spacial score (nSPS) is 16.0. The Morgan fingerprint density at radius 3 is 2.73 bits per heavy atom. The maximum atomic E-state index is 6.39. The molecule has 8 heteroatoms. The minimum atomic E-state index is 0.309. The van der Waals surface area contributed by atoms with Gasteiger partial charge in [-0.2, -0.15) is 10.2 Å². The van der Waals surface area contributed by atoms with Gasteiger partial charge in [0.05, 0.1) is 17.4 Å². The number of anilines is 1. The quantitative estimate of drug-likeness (QED) is 0.487. The molecule has 1 aromatic carbocycles. The van der Waals surface area contributed by atoms with Crippen LogP contribution >= 0.6 is 0 Å². The monoisotopic (exact) mass is 445 g/mol. The smallest absolute Gasteiger partial charge is 0.152 e. The molecule has 33 heavy (non-hydrogen) atoms. The average Bonchev–Trinajstić information content (AvgIpc) is 3.45. The zero-order valence-corrected chi connectivity index (χ0v) is 19.5. The molecule has 0 saturated carbocycles. The maximum absolute atomic E-state index is 6.39. The van der Waals surface area contributed by atoms with E-state index in [1.807, 2.05) is 10.7 Å². The summed E-state index contributed by atoms with van der Waals surface area (Å²) in [7, 11) is 4.23. The van der Waals surface area contributed by atoms with Gasteiger partial charge in [0.1, 0.15) is 11.8 Å². The predicted molar refractivity (Wildman–Crippen MR) is 130 cm³/mol. The van der Waals surface area contributed by atoms with Gasteiger partial charge in [0.2, 0.25) is 0 Å². The highest BCUT2D eigenvalue weighted by molar-refractivity contribution is 5.90. The number of ether oxygens (including phenoxy) is 1. The minimum Gasteiger partial charge on any atom is -0.382 e. The third-order valence-corrected chi connectivity index (χ3v) is 6.70. The lowest BCUT2D eigenvalue weighted by atomic mass is 10.0. The molecular formula is C25H31N7O. The van der Waals surface area contributed by atoms with Gasteiger partial charge in [0.15, 0.2) is 5.82 Å². The Morgan fingerprint density at radius 2 is 1.94 bits per heavy atom. The lowest BCUT2D eigenvalue weighted by molar-refractivity contribution is 0.0667. The van der Waals surface area contributed by atoms with Crippen LogP contribution in [0.4, 0.5) is 5.82 Å². The molecule has 0 aliphatic carbocycles. The van der Waals surface area contributed by atoms with Crippen molar-refractivity contribution in [2.75, 3.05) is 33.0 Å². The fourth-order valence-electron chi connectivity index (χ4n) is 4.60. The van der Waals surface area contributed by atoms with Crippen LogP contribution in [0, 0.1) is 0 Å². The second-order valence-electron chi connectivity index (χ2n) is 9.07. The molecular weight excluding hydrogens is 414 g/mol. The van der Waals surface area contributed by atoms with Crippen LogP contribution in [0.2, 0.25) is 0 Å². The first-order valence-electron chi connectivity index (χ1n) is 11.5. The summed E-state index contributed by atoms with van der Waals surface area (Å²) in [6.07, 6.45) is 6.25. The number of fused-ring (bicyclic) bond motifs is 1. The number of rotatable bonds is 6. The Morgan fingerprint density at radius 1 is 1.12 bits per heavy atom. The highest BCUT2D eigenvalue weighted by atomic mass is 16.5. The fourth-order valence-corrected chi connectivity index (χ4v) is 4.60. The summed E-state index contributed by atoms with van der Waals surface area (Å²) in [5.74, 6) is 0.461. The van der Waals surface area contributed by atoms with Gasteiger partial charge in [-0.15, -0.1) is 0 Å². The zero-order chi connectivity index (χ0) is 22.9. The first-order valence-corrected chi connectivity index (χ1v) is 11.5. The number of aromatic nitrogens is 5. The van der Waals surface area contributed by atoms with Crippen molar-refractivity contribution in [2.24, 2.45) is 0 Å². The molecule has 2 N–H and O–H groups in total. The Kier molecular flexibility index (Phi) is 5.86. The summed E-state index contributed by atoms with van der Waals surface area (Å²) in [5, 5.41) is 9.24. The first-order chi connectivity index (χ1) is 16.0. The number of likely N-dealkylation sites (N-methyl/N-ethyl adjacent to an activating group) is 1. The maximum Gasteiger partial charge on any atom is 0.152 e. The van der Waals surface area contributed by atoms with Crippen molar-refractivity contribution in [3.05, 3.63) is 54.5 Å². The second kappa shape index (κ2) is 8.96. The SMILES string of the molecule is CC(Cc1cccc(-c2cc(-c3ccnn3C3CCOCC3)c3c(N)ncnn23)c1)N(C)C. The Bertz CT molecular complexity index is 1250. The lowest BCUT2D eigenvalue weighted by Gasteiger charge is -2.24. The van der Waals surface area contributed by atoms with E-state index in [1.165, 1.54) is 11.9 Å². The van der Waals surface area contributed by atoms with Crippen molar-refractivity contribution in [1.82, 2.24) is 29.3 Å². The molecule has 4 aromatic rings. The van der Waals surface area contributed by atoms with E-state index in [1.54, 1.807) is 0 Å². The van der Waals surface area contributed by atoms with E-state index in [0.717, 1.165) is 60.5 Å². The predicted octanol–water partition coefficient (Wildman–Crippen LogP) is 3.69. The molecule has 1 unspecified atom stereocenters. The zero-order valence-electron chi connectivity index (χ0n) is 19.5. The summed E-state index contributed by atoms with van der Waals surface area (Å²) in [6, 6.07) is 13.7. The number of nitrogens with zero attached hydrogens (tertiary/aromatic N) is 6. The van der Waals surface area contributed by atoms with Crippen LogP contribution in [0.5, 0.6) is 0 Å². The third-order valence-electron chi connectivity index (χ3n) is 6.70. The molecule has 5 rings (SSSR count). The second-order valence-corrected chi connectivity index (χ2v) is 9.07. The van der Waals surface area contributed by atoms with Crippen molar-refractivity contribution < 1.29 is 4.74 Å². The number of nitrogens with two attached hydrogens (primary N) is 1. The molecule has 0 spiro atoms. The van der Waals surface area contributed by atoms with Gasteiger partial charge >= 0.3 is 0 Å². The summed E-state index contributed by atoms with van der Waals surface area (Å²) in [4.78, 5) is 6.53. The molecule has 0 bridgehead atoms. The van der Waals surface area contributed by atoms with E-state index >= 15 is 0 Å². The Labute approximate surface area is 194 Å². The first kappa shape index (κ1) is 21.6. The van der Waals surface area contributed by atoms with E-state index in [2.05, 4.69) is 82.2 Å². The highest BCUT2D eigenvalue weighted by Crippen LogP contribution is 2.36. The van der Waals surface area contributed by atoms with Crippen LogP contribution in [0.15, 0.2) is 48.9 Å². The van der Waals surface area contributed by atoms with E-state index in [0.29, 0.717) is 17.9 Å². The summed E-state index contributed by atoms with van der Waals surface area (Å²) in [5.41, 5.74) is 12.6. The number of hydrogen-bond donors (Lipinski definition) is 1. The molecule has 1 aliphatic heterocycles. The van der Waals surface area contributed by atoms with Crippen LogP contribution in [-0.4, -0.2) is 62.6 Å². The van der Waals surface area contributed by atoms with Crippen LogP contribution in [0.25, 0.3) is 28.0 Å². The topological polar surface area (TPSA) is 86.5 Å². The molecule has 1 saturated heterocycles. The number of nitrogen functional groups attached to an aromatic ring is 1. The molecule has 172 valence electrons. The lowest BCUT2D eigenvalue weighted by Crippen LogP contribution is -2.26.